The van der Waals surface area contributed by atoms with Gasteiger partial charge < -0.3 is 9.13 Å². The fourth-order valence-corrected chi connectivity index (χ4v) is 7.68. The second-order valence-electron chi connectivity index (χ2n) is 13.3. The maximum absolute atomic E-state index is 5.17. The van der Waals surface area contributed by atoms with E-state index in [1.165, 1.54) is 27.1 Å². The van der Waals surface area contributed by atoms with Crippen molar-refractivity contribution in [3.63, 3.8) is 0 Å². The third-order valence-corrected chi connectivity index (χ3v) is 10.1. The molecule has 0 aliphatic heterocycles. The second-order valence-corrected chi connectivity index (χ2v) is 13.3. The van der Waals surface area contributed by atoms with Gasteiger partial charge in [-0.25, -0.2) is 9.97 Å². The van der Waals surface area contributed by atoms with Gasteiger partial charge in [-0.1, -0.05) is 140 Å². The van der Waals surface area contributed by atoms with Crippen molar-refractivity contribution < 1.29 is 0 Å². The number of hydrogen-bond donors (Lipinski definition) is 0. The van der Waals surface area contributed by atoms with Crippen LogP contribution in [0.2, 0.25) is 0 Å². The van der Waals surface area contributed by atoms with E-state index in [1.54, 1.807) is 0 Å². The standard InChI is InChI=1S/C49H38N4/c1-3-18-46-40(4-2)41-29-30-42-43(34-19-9-5-10-20-34)33-52(38-26-15-8-16-27-38)47(42)48(41)53(46)39-28-17-25-37(31-39)49-50-44(35-21-11-6-12-22-35)32-45(51-49)36-23-13-7-14-24-36/h3-4,6-9,11-33H,1,5,10H2,2H3/b40-4-,46-18+. The van der Waals surface area contributed by atoms with Crippen LogP contribution in [0.25, 0.3) is 84.8 Å². The molecule has 0 spiro atoms. The Bertz CT molecular complexity index is 2780. The summed E-state index contributed by atoms with van der Waals surface area (Å²) < 4.78 is 4.76. The van der Waals surface area contributed by atoms with Gasteiger partial charge in [-0.05, 0) is 61.7 Å². The Balaban J connectivity index is 1.34. The highest BCUT2D eigenvalue weighted by Gasteiger charge is 2.21. The first-order valence-corrected chi connectivity index (χ1v) is 18.2. The monoisotopic (exact) mass is 682 g/mol. The van der Waals surface area contributed by atoms with Crippen molar-refractivity contribution in [2.24, 2.45) is 0 Å². The Morgan fingerprint density at radius 2 is 1.28 bits per heavy atom. The van der Waals surface area contributed by atoms with Crippen LogP contribution in [-0.2, 0) is 0 Å². The van der Waals surface area contributed by atoms with Crippen LogP contribution in [-0.4, -0.2) is 19.1 Å². The summed E-state index contributed by atoms with van der Waals surface area (Å²) in [5.41, 5.74) is 11.8. The van der Waals surface area contributed by atoms with Crippen LogP contribution in [0.15, 0.2) is 171 Å². The number of para-hydroxylation sites is 1. The minimum atomic E-state index is 0.677. The van der Waals surface area contributed by atoms with Crippen molar-refractivity contribution in [3.05, 3.63) is 187 Å². The van der Waals surface area contributed by atoms with Crippen LogP contribution in [0.4, 0.5) is 0 Å². The summed E-state index contributed by atoms with van der Waals surface area (Å²) in [4.78, 5) is 10.3. The van der Waals surface area contributed by atoms with Gasteiger partial charge in [0.05, 0.1) is 27.8 Å². The minimum Gasteiger partial charge on any atom is -0.314 e. The summed E-state index contributed by atoms with van der Waals surface area (Å²) >= 11 is 0. The number of hydrogen-bond acceptors (Lipinski definition) is 2. The van der Waals surface area contributed by atoms with Gasteiger partial charge in [0.25, 0.3) is 0 Å². The fourth-order valence-electron chi connectivity index (χ4n) is 7.68. The lowest BCUT2D eigenvalue weighted by Crippen LogP contribution is -2.28. The van der Waals surface area contributed by atoms with Gasteiger partial charge in [0.15, 0.2) is 5.82 Å². The Morgan fingerprint density at radius 3 is 1.92 bits per heavy atom. The summed E-state index contributed by atoms with van der Waals surface area (Å²) in [5, 5.41) is 4.64. The van der Waals surface area contributed by atoms with Gasteiger partial charge in [0.1, 0.15) is 0 Å². The van der Waals surface area contributed by atoms with E-state index < -0.39 is 0 Å². The number of fused-ring (bicyclic) bond motifs is 3. The SMILES string of the molecule is C=C/C=c1\c(=C/C)c2ccc3c(C4=CCCC=C4)cn(-c4ccccc4)c3c2n1-c1cccc(-c2nc(-c3ccccc3)cc(-c3ccccc3)n2)c1. The van der Waals surface area contributed by atoms with Gasteiger partial charge in [0, 0.05) is 55.8 Å². The zero-order chi connectivity index (χ0) is 35.7. The summed E-state index contributed by atoms with van der Waals surface area (Å²) in [6.07, 6.45) is 17.6. The number of nitrogens with zero attached hydrogens (tertiary/aromatic N) is 4. The lowest BCUT2D eigenvalue weighted by Gasteiger charge is -2.13. The molecule has 5 aromatic carbocycles. The number of allylic oxidation sites excluding steroid dienone is 5. The lowest BCUT2D eigenvalue weighted by molar-refractivity contribution is 1.04. The lowest BCUT2D eigenvalue weighted by atomic mass is 9.98. The third kappa shape index (κ3) is 5.75. The van der Waals surface area contributed by atoms with Crippen molar-refractivity contribution >= 4 is 39.5 Å². The topological polar surface area (TPSA) is 35.6 Å². The van der Waals surface area contributed by atoms with Crippen LogP contribution in [0.1, 0.15) is 25.3 Å². The average Bonchev–Trinajstić information content (AvgIpc) is 3.78. The normalized spacial score (nSPS) is 13.6. The van der Waals surface area contributed by atoms with Crippen molar-refractivity contribution in [1.29, 1.82) is 0 Å². The van der Waals surface area contributed by atoms with Crippen LogP contribution in [0.3, 0.4) is 0 Å². The smallest absolute Gasteiger partial charge is 0.160 e. The second kappa shape index (κ2) is 13.7. The van der Waals surface area contributed by atoms with Gasteiger partial charge in [-0.15, -0.1) is 0 Å². The maximum Gasteiger partial charge on any atom is 0.160 e. The molecule has 0 radical (unpaired) electrons. The molecule has 0 unspecified atom stereocenters. The van der Waals surface area contributed by atoms with Gasteiger partial charge in [-0.2, -0.15) is 0 Å². The van der Waals surface area contributed by atoms with Crippen molar-refractivity contribution in [2.75, 3.05) is 0 Å². The molecule has 9 rings (SSSR count). The Kier molecular flexibility index (Phi) is 8.33. The first-order valence-electron chi connectivity index (χ1n) is 18.2. The molecule has 0 saturated carbocycles. The fraction of sp³-hybridized carbons (Fsp3) is 0.0612. The van der Waals surface area contributed by atoms with Gasteiger partial charge in [-0.3, -0.25) is 0 Å². The molecule has 0 atom stereocenters. The largest absolute Gasteiger partial charge is 0.314 e. The van der Waals surface area contributed by atoms with Gasteiger partial charge >= 0.3 is 0 Å². The molecule has 3 heterocycles. The predicted octanol–water partition coefficient (Wildman–Crippen LogP) is 10.9. The van der Waals surface area contributed by atoms with Crippen LogP contribution >= 0.6 is 0 Å². The highest BCUT2D eigenvalue weighted by molar-refractivity contribution is 6.10. The molecule has 254 valence electrons. The third-order valence-electron chi connectivity index (χ3n) is 10.1. The number of benzene rings is 5. The van der Waals surface area contributed by atoms with Crippen LogP contribution < -0.4 is 10.6 Å². The Morgan fingerprint density at radius 1 is 0.642 bits per heavy atom. The quantitative estimate of drug-likeness (QED) is 0.168. The summed E-state index contributed by atoms with van der Waals surface area (Å²) in [7, 11) is 0. The molecule has 4 heteroatoms. The molecule has 4 nitrogen and oxygen atoms in total. The molecule has 0 saturated heterocycles. The number of aromatic nitrogens is 4. The zero-order valence-corrected chi connectivity index (χ0v) is 29.7. The van der Waals surface area contributed by atoms with Crippen LogP contribution in [0.5, 0.6) is 0 Å². The Hall–Kier alpha value is -6.78. The van der Waals surface area contributed by atoms with E-state index in [4.69, 9.17) is 9.97 Å². The minimum absolute atomic E-state index is 0.677. The van der Waals surface area contributed by atoms with E-state index in [0.29, 0.717) is 5.82 Å². The summed E-state index contributed by atoms with van der Waals surface area (Å²) in [6, 6.07) is 46.7. The molecule has 0 amide bonds. The molecule has 53 heavy (non-hydrogen) atoms. The summed E-state index contributed by atoms with van der Waals surface area (Å²) in [5.74, 6) is 0.677. The van der Waals surface area contributed by atoms with E-state index in [2.05, 4.69) is 181 Å². The maximum atomic E-state index is 5.17. The van der Waals surface area contributed by atoms with Crippen molar-refractivity contribution in [1.82, 2.24) is 19.1 Å². The van der Waals surface area contributed by atoms with E-state index in [-0.39, 0.29) is 0 Å². The van der Waals surface area contributed by atoms with E-state index in [1.807, 2.05) is 18.2 Å². The van der Waals surface area contributed by atoms with E-state index in [0.717, 1.165) is 68.7 Å². The van der Waals surface area contributed by atoms with Crippen molar-refractivity contribution in [3.8, 4) is 45.3 Å². The van der Waals surface area contributed by atoms with Crippen molar-refractivity contribution in [2.45, 2.75) is 19.8 Å². The molecular formula is C49H38N4. The molecule has 1 aliphatic rings. The zero-order valence-electron chi connectivity index (χ0n) is 29.7. The summed E-state index contributed by atoms with van der Waals surface area (Å²) in [6.45, 7) is 6.27. The molecule has 0 bridgehead atoms. The van der Waals surface area contributed by atoms with E-state index >= 15 is 0 Å². The average molecular weight is 683 g/mol. The van der Waals surface area contributed by atoms with Crippen LogP contribution in [0, 0.1) is 0 Å². The number of rotatable bonds is 7. The first-order chi connectivity index (χ1) is 26.2. The molecule has 1 aliphatic carbocycles. The molecule has 3 aromatic heterocycles. The Labute approximate surface area is 309 Å². The molecular weight excluding hydrogens is 645 g/mol. The molecule has 8 aromatic rings. The predicted molar refractivity (Wildman–Crippen MR) is 222 cm³/mol. The highest BCUT2D eigenvalue weighted by atomic mass is 15.0. The first kappa shape index (κ1) is 32.1. The molecule has 0 N–H and O–H groups in total. The van der Waals surface area contributed by atoms with E-state index in [9.17, 15) is 0 Å². The molecule has 0 fully saturated rings. The van der Waals surface area contributed by atoms with Gasteiger partial charge in [0.2, 0.25) is 0 Å². The highest BCUT2D eigenvalue weighted by Crippen LogP contribution is 2.37.